The fraction of sp³-hybridized carbons (Fsp3) is 0.273. The third-order valence-electron chi connectivity index (χ3n) is 7.81. The van der Waals surface area contributed by atoms with Crippen molar-refractivity contribution in [2.24, 2.45) is 11.3 Å². The Morgan fingerprint density at radius 3 is 1.47 bits per heavy atom. The molecule has 0 aromatic heterocycles. The molecule has 1 nitrogen and oxygen atoms in total. The van der Waals surface area contributed by atoms with E-state index in [0.717, 1.165) is 2.10 Å². The number of rotatable bonds is 5. The monoisotopic (exact) mass is 572 g/mol. The van der Waals surface area contributed by atoms with Crippen LogP contribution in [0.25, 0.3) is 0 Å². The van der Waals surface area contributed by atoms with Crippen LogP contribution in [0.15, 0.2) is 127 Å². The van der Waals surface area contributed by atoms with Crippen molar-refractivity contribution in [3.8, 4) is 0 Å². The van der Waals surface area contributed by atoms with E-state index in [1.807, 2.05) is 0 Å². The lowest BCUT2D eigenvalue weighted by molar-refractivity contribution is -0.267. The maximum absolute atomic E-state index is 2.56. The highest BCUT2D eigenvalue weighted by molar-refractivity contribution is 8.32. The molecule has 5 atom stereocenters. The van der Waals surface area contributed by atoms with Crippen molar-refractivity contribution in [1.29, 1.82) is 0 Å². The summed E-state index contributed by atoms with van der Waals surface area (Å²) < 4.78 is 0.875. The normalized spacial score (nSPS) is 32.6. The van der Waals surface area contributed by atoms with Gasteiger partial charge in [-0.3, -0.25) is 0 Å². The van der Waals surface area contributed by atoms with Gasteiger partial charge >= 0.3 is 0 Å². The summed E-state index contributed by atoms with van der Waals surface area (Å²) in [7, 11) is 0. The van der Waals surface area contributed by atoms with Crippen LogP contribution in [0.4, 0.5) is 0 Å². The van der Waals surface area contributed by atoms with Crippen LogP contribution < -0.4 is 0 Å². The van der Waals surface area contributed by atoms with Gasteiger partial charge in [-0.1, -0.05) is 144 Å². The van der Waals surface area contributed by atoms with Gasteiger partial charge in [-0.25, -0.2) is 0 Å². The Balaban J connectivity index is 1.41. The fourth-order valence-corrected chi connectivity index (χ4v) is 13.6. The largest absolute Gasteiger partial charge is 0.123 e. The third-order valence-corrected chi connectivity index (χ3v) is 15.4. The second-order valence-electron chi connectivity index (χ2n) is 10.7. The molecule has 1 aliphatic carbocycles. The quantitative estimate of drug-likeness (QED) is 0.220. The predicted octanol–water partition coefficient (Wildman–Crippen LogP) is 10.7. The third kappa shape index (κ3) is 5.21. The molecule has 3 aromatic carbocycles. The molecule has 0 N–H and O–H groups in total. The minimum atomic E-state index is 0.0448. The molecule has 2 aliphatic heterocycles. The molecule has 0 bridgehead atoms. The molecule has 0 amide bonds. The van der Waals surface area contributed by atoms with E-state index in [9.17, 15) is 0 Å². The molecule has 3 aromatic rings. The van der Waals surface area contributed by atoms with Gasteiger partial charge in [0.05, 0.1) is 0 Å². The van der Waals surface area contributed by atoms with Gasteiger partial charge in [0.25, 0.3) is 0 Å². The minimum absolute atomic E-state index is 0.0448. The molecule has 5 heteroatoms. The number of hydrogen-bond donors (Lipinski definition) is 0. The first kappa shape index (κ1) is 26.5. The average molecular weight is 573 g/mol. The smallest absolute Gasteiger partial charge is 0.0775 e. The summed E-state index contributed by atoms with van der Waals surface area (Å²) in [6.07, 6.45) is 11.8. The summed E-state index contributed by atoms with van der Waals surface area (Å²) in [5.41, 5.74) is 5.75. The number of allylic oxidation sites excluding steroid dienone is 5. The van der Waals surface area contributed by atoms with Crippen molar-refractivity contribution in [1.82, 2.24) is 0 Å². The van der Waals surface area contributed by atoms with Gasteiger partial charge < -0.3 is 0 Å². The van der Waals surface area contributed by atoms with Crippen molar-refractivity contribution in [3.05, 3.63) is 144 Å². The van der Waals surface area contributed by atoms with Gasteiger partial charge in [0.1, 0.15) is 68.8 Å². The van der Waals surface area contributed by atoms with Crippen LogP contribution in [0, 0.1) is 11.3 Å². The summed E-state index contributed by atoms with van der Waals surface area (Å²) >= 11 is 8.47. The van der Waals surface area contributed by atoms with Gasteiger partial charge in [-0.05, 0) is 28.2 Å². The Hall–Kier alpha value is -1.76. The summed E-state index contributed by atoms with van der Waals surface area (Å²) in [4.78, 5) is 0. The lowest BCUT2D eigenvalue weighted by atomic mass is 9.77. The molecule has 2 saturated heterocycles. The van der Waals surface area contributed by atoms with Gasteiger partial charge in [0, 0.05) is 5.41 Å². The highest BCUT2D eigenvalue weighted by Gasteiger charge is 2.62. The molecular formula is C33H34NS4+. The molecule has 38 heavy (non-hydrogen) atoms. The van der Waals surface area contributed by atoms with Crippen LogP contribution in [-0.2, 0) is 0 Å². The average Bonchev–Trinajstić information content (AvgIpc) is 3.45. The molecule has 0 saturated carbocycles. The lowest BCUT2D eigenvalue weighted by Crippen LogP contribution is -2.20. The molecule has 2 fully saturated rings. The van der Waals surface area contributed by atoms with E-state index in [1.54, 1.807) is 0 Å². The summed E-state index contributed by atoms with van der Waals surface area (Å²) in [6, 6.07) is 33.4. The van der Waals surface area contributed by atoms with E-state index in [4.69, 9.17) is 0 Å². The first-order valence-electron chi connectivity index (χ1n) is 13.3. The highest BCUT2D eigenvalue weighted by atomic mass is 32.3. The number of hydrogen-bond acceptors (Lipinski definition) is 4. The molecule has 2 heterocycles. The van der Waals surface area contributed by atoms with Crippen molar-refractivity contribution in [2.75, 3.05) is 0 Å². The standard InChI is InChI=1S/C33H34NS4/c1-24(2)33(3)22-14-13-21-28(23-33)32-31(27-19-11-6-12-20-27)37-34(38-32)35-29(25-15-7-4-8-16-25)30(36-34)26-17-9-5-10-18-26/h4-24,29-32H,1-3H3/q+1. The van der Waals surface area contributed by atoms with Crippen molar-refractivity contribution < 1.29 is 2.10 Å². The first-order valence-corrected chi connectivity index (χ1v) is 16.7. The second kappa shape index (κ2) is 11.0. The maximum Gasteiger partial charge on any atom is 0.123 e. The van der Waals surface area contributed by atoms with Crippen LogP contribution in [0.3, 0.4) is 0 Å². The Labute approximate surface area is 245 Å². The molecule has 3 aliphatic rings. The maximum atomic E-state index is 2.56. The zero-order valence-electron chi connectivity index (χ0n) is 22.0. The van der Waals surface area contributed by atoms with Gasteiger partial charge in [0.2, 0.25) is 0 Å². The second-order valence-corrected chi connectivity index (χ2v) is 17.1. The van der Waals surface area contributed by atoms with Crippen LogP contribution in [0.1, 0.15) is 53.2 Å². The van der Waals surface area contributed by atoms with E-state index in [2.05, 4.69) is 190 Å². The fourth-order valence-electron chi connectivity index (χ4n) is 5.22. The van der Waals surface area contributed by atoms with E-state index < -0.39 is 0 Å². The molecule has 5 unspecified atom stereocenters. The van der Waals surface area contributed by atoms with Gasteiger partial charge in [-0.15, -0.1) is 0 Å². The van der Waals surface area contributed by atoms with Crippen LogP contribution in [0.5, 0.6) is 0 Å². The first-order chi connectivity index (χ1) is 18.5. The summed E-state index contributed by atoms with van der Waals surface area (Å²) in [5, 5.41) is 1.51. The topological polar surface area (TPSA) is 0 Å². The van der Waals surface area contributed by atoms with Crippen LogP contribution in [-0.4, -0.2) is 7.35 Å². The van der Waals surface area contributed by atoms with E-state index >= 15 is 0 Å². The van der Waals surface area contributed by atoms with Crippen molar-refractivity contribution in [2.45, 2.75) is 41.8 Å². The summed E-state index contributed by atoms with van der Waals surface area (Å²) in [5.74, 6) is 0.534. The molecule has 6 rings (SSSR count). The van der Waals surface area contributed by atoms with Gasteiger partial charge in [-0.2, -0.15) is 0 Å². The SMILES string of the molecule is CC(C)C1(C)C=CC=CC(C2S[N+]3(SC2c2ccccc2)SC(c2ccccc2)C(c2ccccc2)S3)=C1. The van der Waals surface area contributed by atoms with Crippen LogP contribution in [0.2, 0.25) is 0 Å². The Morgan fingerprint density at radius 2 is 1.03 bits per heavy atom. The zero-order valence-corrected chi connectivity index (χ0v) is 25.3. The number of quaternary nitrogens is 1. The predicted molar refractivity (Wildman–Crippen MR) is 171 cm³/mol. The minimum Gasteiger partial charge on any atom is -0.0775 e. The van der Waals surface area contributed by atoms with Crippen molar-refractivity contribution >= 4 is 47.8 Å². The molecule has 0 radical (unpaired) electrons. The number of benzene rings is 3. The molecular weight excluding hydrogens is 539 g/mol. The lowest BCUT2D eigenvalue weighted by Gasteiger charge is -2.28. The van der Waals surface area contributed by atoms with E-state index in [1.165, 1.54) is 22.3 Å². The zero-order chi connectivity index (χ0) is 26.2. The highest BCUT2D eigenvalue weighted by Crippen LogP contribution is 2.77. The molecule has 1 spiro atoms. The Kier molecular flexibility index (Phi) is 7.67. The van der Waals surface area contributed by atoms with E-state index in [-0.39, 0.29) is 5.41 Å². The van der Waals surface area contributed by atoms with Crippen molar-refractivity contribution in [3.63, 3.8) is 0 Å². The number of nitrogens with zero attached hydrogens (tertiary/aromatic N) is 1. The Morgan fingerprint density at radius 1 is 0.605 bits per heavy atom. The van der Waals surface area contributed by atoms with E-state index in [0.29, 0.717) is 26.9 Å². The van der Waals surface area contributed by atoms with Crippen LogP contribution >= 0.6 is 47.8 Å². The van der Waals surface area contributed by atoms with Gasteiger partial charge in [0.15, 0.2) is 0 Å². The summed E-state index contributed by atoms with van der Waals surface area (Å²) in [6.45, 7) is 7.06. The molecule has 194 valence electrons. The Bertz CT molecular complexity index is 1290.